The summed E-state index contributed by atoms with van der Waals surface area (Å²) in [6.45, 7) is 3.74. The molecule has 0 saturated heterocycles. The molecule has 0 fully saturated rings. The van der Waals surface area contributed by atoms with Gasteiger partial charge in [-0.1, -0.05) is 84.9 Å². The second-order valence-electron chi connectivity index (χ2n) is 9.95. The van der Waals surface area contributed by atoms with E-state index in [2.05, 4.69) is 48.5 Å². The molecule has 0 atom stereocenters. The first kappa shape index (κ1) is 22.4. The maximum atomic E-state index is 12.5. The number of fused-ring (bicyclic) bond motifs is 7. The Bertz CT molecular complexity index is 1630. The summed E-state index contributed by atoms with van der Waals surface area (Å²) in [5, 5.41) is 5.64. The first-order valence-electron chi connectivity index (χ1n) is 12.8. The normalized spacial score (nSPS) is 14.1. The van der Waals surface area contributed by atoms with Gasteiger partial charge in [0.15, 0.2) is 11.6 Å². The van der Waals surface area contributed by atoms with Crippen LogP contribution in [0.15, 0.2) is 84.9 Å². The Kier molecular flexibility index (Phi) is 5.53. The van der Waals surface area contributed by atoms with Crippen LogP contribution in [0.4, 0.5) is 0 Å². The van der Waals surface area contributed by atoms with E-state index in [0.717, 1.165) is 11.1 Å². The molecule has 0 amide bonds. The maximum absolute atomic E-state index is 12.5. The van der Waals surface area contributed by atoms with Crippen LogP contribution >= 0.6 is 0 Å². The Morgan fingerprint density at radius 3 is 1.81 bits per heavy atom. The van der Waals surface area contributed by atoms with Crippen molar-refractivity contribution in [3.05, 3.63) is 129 Å². The van der Waals surface area contributed by atoms with Crippen molar-refractivity contribution in [1.82, 2.24) is 0 Å². The first-order valence-corrected chi connectivity index (χ1v) is 12.8. The van der Waals surface area contributed by atoms with Gasteiger partial charge < -0.3 is 0 Å². The van der Waals surface area contributed by atoms with Crippen molar-refractivity contribution in [2.24, 2.45) is 0 Å². The molecule has 0 heterocycles. The van der Waals surface area contributed by atoms with Crippen LogP contribution in [0.1, 0.15) is 66.9 Å². The molecule has 176 valence electrons. The highest BCUT2D eigenvalue weighted by atomic mass is 16.1. The molecule has 2 nitrogen and oxygen atoms in total. The minimum absolute atomic E-state index is 0.0404. The number of aryl methyl sites for hydroxylation is 4. The van der Waals surface area contributed by atoms with Crippen molar-refractivity contribution in [2.75, 3.05) is 0 Å². The number of hydrogen-bond acceptors (Lipinski definition) is 2. The molecule has 2 heteroatoms. The van der Waals surface area contributed by atoms with Crippen molar-refractivity contribution in [1.29, 1.82) is 0 Å². The molecular formula is C34H28O2. The number of carbonyl (C=O) groups excluding carboxylic acids is 2. The molecule has 36 heavy (non-hydrogen) atoms. The SMILES string of the molecule is Cc1ccc(C)c2c1C(=O)c1ccccc1C2=O.c1ccc2c(c1)ccc1c3c(ccc12)CCCC3. The third-order valence-corrected chi connectivity index (χ3v) is 7.75. The van der Waals surface area contributed by atoms with Gasteiger partial charge in [0.05, 0.1) is 0 Å². The van der Waals surface area contributed by atoms with Crippen LogP contribution in [0.5, 0.6) is 0 Å². The van der Waals surface area contributed by atoms with Crippen LogP contribution in [-0.2, 0) is 12.8 Å². The Balaban J connectivity index is 0.000000133. The Hall–Kier alpha value is -4.04. The van der Waals surface area contributed by atoms with Crippen LogP contribution in [0, 0.1) is 13.8 Å². The van der Waals surface area contributed by atoms with E-state index in [1.54, 1.807) is 35.4 Å². The smallest absolute Gasteiger partial charge is 0.194 e. The highest BCUT2D eigenvalue weighted by Crippen LogP contribution is 2.33. The highest BCUT2D eigenvalue weighted by molar-refractivity contribution is 6.29. The zero-order chi connectivity index (χ0) is 24.8. The first-order chi connectivity index (χ1) is 17.5. The van der Waals surface area contributed by atoms with Crippen LogP contribution in [0.3, 0.4) is 0 Å². The zero-order valence-corrected chi connectivity index (χ0v) is 20.7. The van der Waals surface area contributed by atoms with Crippen LogP contribution < -0.4 is 0 Å². The molecule has 5 aromatic carbocycles. The van der Waals surface area contributed by atoms with Crippen molar-refractivity contribution in [3.63, 3.8) is 0 Å². The van der Waals surface area contributed by atoms with E-state index in [0.29, 0.717) is 22.3 Å². The van der Waals surface area contributed by atoms with Gasteiger partial charge in [0.2, 0.25) is 0 Å². The van der Waals surface area contributed by atoms with E-state index in [4.69, 9.17) is 0 Å². The summed E-state index contributed by atoms with van der Waals surface area (Å²) in [6, 6.07) is 28.8. The second kappa shape index (κ2) is 8.87. The molecule has 0 N–H and O–H groups in total. The van der Waals surface area contributed by atoms with Gasteiger partial charge in [0.25, 0.3) is 0 Å². The van der Waals surface area contributed by atoms with E-state index in [1.165, 1.54) is 47.2 Å². The van der Waals surface area contributed by atoms with Gasteiger partial charge in [-0.15, -0.1) is 0 Å². The van der Waals surface area contributed by atoms with E-state index < -0.39 is 0 Å². The summed E-state index contributed by atoms with van der Waals surface area (Å²) in [5.74, 6) is -0.0807. The van der Waals surface area contributed by atoms with Gasteiger partial charge in [-0.05, 0) is 83.3 Å². The monoisotopic (exact) mass is 468 g/mol. The van der Waals surface area contributed by atoms with Crippen molar-refractivity contribution < 1.29 is 9.59 Å². The predicted molar refractivity (Wildman–Crippen MR) is 147 cm³/mol. The lowest BCUT2D eigenvalue weighted by Gasteiger charge is -2.20. The summed E-state index contributed by atoms with van der Waals surface area (Å²) in [7, 11) is 0. The van der Waals surface area contributed by atoms with E-state index in [-0.39, 0.29) is 11.6 Å². The number of hydrogen-bond donors (Lipinski definition) is 0. The summed E-state index contributed by atoms with van der Waals surface area (Å²) in [5.41, 5.74) is 7.07. The number of benzene rings is 5. The molecule has 0 radical (unpaired) electrons. The lowest BCUT2D eigenvalue weighted by atomic mass is 9.80. The summed E-state index contributed by atoms with van der Waals surface area (Å²) < 4.78 is 0. The highest BCUT2D eigenvalue weighted by Gasteiger charge is 2.31. The molecule has 0 bridgehead atoms. The van der Waals surface area contributed by atoms with Gasteiger partial charge in [0.1, 0.15) is 0 Å². The minimum Gasteiger partial charge on any atom is -0.289 e. The minimum atomic E-state index is -0.0404. The summed E-state index contributed by atoms with van der Waals surface area (Å²) >= 11 is 0. The molecule has 7 rings (SSSR count). The molecule has 0 aliphatic heterocycles. The lowest BCUT2D eigenvalue weighted by Crippen LogP contribution is -2.23. The number of ketones is 2. The summed E-state index contributed by atoms with van der Waals surface area (Å²) in [4.78, 5) is 24.9. The Labute approximate surface area is 211 Å². The molecule has 2 aliphatic carbocycles. The zero-order valence-electron chi connectivity index (χ0n) is 20.7. The van der Waals surface area contributed by atoms with Crippen LogP contribution in [-0.4, -0.2) is 11.6 Å². The standard InChI is InChI=1S/C18H16.C16H12O2/c1-3-7-15-13(5-1)9-11-18-16-8-4-2-6-14(16)10-12-17(15)18;1-9-7-8-10(2)14-13(9)15(17)11-5-3-4-6-12(11)16(14)18/h1,3,5,7,9-12H,2,4,6,8H2;3-8H,1-2H3. The van der Waals surface area contributed by atoms with Gasteiger partial charge >= 0.3 is 0 Å². The largest absolute Gasteiger partial charge is 0.289 e. The third kappa shape index (κ3) is 3.56. The van der Waals surface area contributed by atoms with Gasteiger partial charge in [-0.2, -0.15) is 0 Å². The van der Waals surface area contributed by atoms with Crippen molar-refractivity contribution in [3.8, 4) is 0 Å². The molecule has 0 aromatic heterocycles. The number of carbonyl (C=O) groups is 2. The van der Waals surface area contributed by atoms with Crippen molar-refractivity contribution >= 4 is 33.1 Å². The van der Waals surface area contributed by atoms with Gasteiger partial charge in [0, 0.05) is 22.3 Å². The molecule has 0 spiro atoms. The Morgan fingerprint density at radius 2 is 1.11 bits per heavy atom. The lowest BCUT2D eigenvalue weighted by molar-refractivity contribution is 0.0978. The van der Waals surface area contributed by atoms with Crippen molar-refractivity contribution in [2.45, 2.75) is 39.5 Å². The molecule has 0 unspecified atom stereocenters. The van der Waals surface area contributed by atoms with Gasteiger partial charge in [-0.3, -0.25) is 9.59 Å². The van der Waals surface area contributed by atoms with Crippen LogP contribution in [0.25, 0.3) is 21.5 Å². The molecule has 0 saturated carbocycles. The third-order valence-electron chi connectivity index (χ3n) is 7.75. The molecule has 2 aliphatic rings. The second-order valence-corrected chi connectivity index (χ2v) is 9.95. The average Bonchev–Trinajstić information content (AvgIpc) is 2.93. The molecular weight excluding hydrogens is 440 g/mol. The van der Waals surface area contributed by atoms with Gasteiger partial charge in [-0.25, -0.2) is 0 Å². The van der Waals surface area contributed by atoms with E-state index >= 15 is 0 Å². The fraction of sp³-hybridized carbons (Fsp3) is 0.176. The summed E-state index contributed by atoms with van der Waals surface area (Å²) in [6.07, 6.45) is 5.22. The van der Waals surface area contributed by atoms with E-state index in [1.807, 2.05) is 26.0 Å². The maximum Gasteiger partial charge on any atom is 0.194 e. The number of rotatable bonds is 0. The topological polar surface area (TPSA) is 34.1 Å². The fourth-order valence-corrected chi connectivity index (χ4v) is 5.89. The predicted octanol–water partition coefficient (Wildman–Crippen LogP) is 7.95. The van der Waals surface area contributed by atoms with E-state index in [9.17, 15) is 9.59 Å². The average molecular weight is 469 g/mol. The Morgan fingerprint density at radius 1 is 0.528 bits per heavy atom. The fourth-order valence-electron chi connectivity index (χ4n) is 5.89. The van der Waals surface area contributed by atoms with Crippen LogP contribution in [0.2, 0.25) is 0 Å². The molecule has 5 aromatic rings. The quantitative estimate of drug-likeness (QED) is 0.212.